The fourth-order valence-corrected chi connectivity index (χ4v) is 4.69. The van der Waals surface area contributed by atoms with E-state index in [1.54, 1.807) is 39.9 Å². The molecule has 0 aliphatic carbocycles. The highest BCUT2D eigenvalue weighted by atomic mass is 32.2. The molecule has 0 spiro atoms. The second-order valence-corrected chi connectivity index (χ2v) is 9.40. The van der Waals surface area contributed by atoms with E-state index in [1.165, 1.54) is 6.07 Å². The molecule has 1 atom stereocenters. The molecule has 0 unspecified atom stereocenters. The fourth-order valence-electron chi connectivity index (χ4n) is 3.51. The maximum Gasteiger partial charge on any atom is 0.404 e. The molecule has 0 fully saturated rings. The van der Waals surface area contributed by atoms with Crippen LogP contribution in [0, 0.1) is 11.3 Å². The van der Waals surface area contributed by atoms with E-state index in [0.717, 1.165) is 17.8 Å². The van der Waals surface area contributed by atoms with Crippen molar-refractivity contribution in [2.75, 3.05) is 0 Å². The number of nitriles is 1. The molecule has 0 aliphatic heterocycles. The van der Waals surface area contributed by atoms with Crippen molar-refractivity contribution in [2.45, 2.75) is 37.4 Å². The fraction of sp³-hybridized carbons (Fsp3) is 0.217. The summed E-state index contributed by atoms with van der Waals surface area (Å²) in [4.78, 5) is 12.6. The molecule has 0 bridgehead atoms. The number of fused-ring (bicyclic) bond motifs is 1. The van der Waals surface area contributed by atoms with Crippen LogP contribution in [-0.4, -0.2) is 40.2 Å². The number of rotatable bonds is 6. The molecular weight excluding hydrogens is 481 g/mol. The van der Waals surface area contributed by atoms with Crippen molar-refractivity contribution in [2.24, 2.45) is 0 Å². The van der Waals surface area contributed by atoms with Crippen LogP contribution in [0.15, 0.2) is 59.9 Å². The van der Waals surface area contributed by atoms with Gasteiger partial charge in [0.05, 0.1) is 17.0 Å². The van der Waals surface area contributed by atoms with Crippen molar-refractivity contribution in [3.63, 3.8) is 0 Å². The number of pyridine rings is 3. The van der Waals surface area contributed by atoms with Gasteiger partial charge < -0.3 is 0 Å². The Morgan fingerprint density at radius 3 is 2.49 bits per heavy atom. The summed E-state index contributed by atoms with van der Waals surface area (Å²) in [6, 6.07) is 9.45. The van der Waals surface area contributed by atoms with Gasteiger partial charge >= 0.3 is 6.18 Å². The molecule has 4 aromatic heterocycles. The number of hydrogen-bond acceptors (Lipinski definition) is 6. The first-order valence-electron chi connectivity index (χ1n) is 10.5. The molecule has 4 heterocycles. The van der Waals surface area contributed by atoms with E-state index in [1.807, 2.05) is 13.0 Å². The minimum absolute atomic E-state index is 0.228. The summed E-state index contributed by atoms with van der Waals surface area (Å²) < 4.78 is 66.6. The summed E-state index contributed by atoms with van der Waals surface area (Å²) in [5.41, 5.74) is 2.21. The van der Waals surface area contributed by atoms with Crippen LogP contribution in [0.4, 0.5) is 13.2 Å². The van der Waals surface area contributed by atoms with Gasteiger partial charge in [-0.05, 0) is 49.2 Å². The van der Waals surface area contributed by atoms with Crippen molar-refractivity contribution in [3.8, 4) is 23.3 Å². The third-order valence-corrected chi connectivity index (χ3v) is 6.90. The van der Waals surface area contributed by atoms with Crippen molar-refractivity contribution in [1.82, 2.24) is 24.2 Å². The molecule has 1 N–H and O–H groups in total. The normalized spacial score (nSPS) is 13.0. The van der Waals surface area contributed by atoms with Gasteiger partial charge in [-0.15, -0.1) is 0 Å². The number of halogens is 3. The Hall–Kier alpha value is -3.82. The second-order valence-electron chi connectivity index (χ2n) is 7.69. The Kier molecular flexibility index (Phi) is 6.31. The first-order chi connectivity index (χ1) is 16.6. The number of aromatic nitrogens is 4. The van der Waals surface area contributed by atoms with Crippen LogP contribution in [0.5, 0.6) is 0 Å². The average Bonchev–Trinajstić information content (AvgIpc) is 3.17. The lowest BCUT2D eigenvalue weighted by atomic mass is 10.1. The minimum Gasteiger partial charge on any atom is -0.275 e. The van der Waals surface area contributed by atoms with Crippen molar-refractivity contribution in [3.05, 3.63) is 66.1 Å². The second kappa shape index (κ2) is 9.09. The van der Waals surface area contributed by atoms with Crippen LogP contribution in [-0.2, 0) is 16.4 Å². The van der Waals surface area contributed by atoms with Gasteiger partial charge in [-0.2, -0.15) is 23.2 Å². The molecule has 4 rings (SSSR count). The van der Waals surface area contributed by atoms with E-state index in [0.29, 0.717) is 35.9 Å². The number of alkyl halides is 3. The lowest BCUT2D eigenvalue weighted by Gasteiger charge is -2.17. The van der Waals surface area contributed by atoms with Crippen LogP contribution < -0.4 is 4.72 Å². The van der Waals surface area contributed by atoms with E-state index < -0.39 is 27.1 Å². The van der Waals surface area contributed by atoms with Gasteiger partial charge in [0.1, 0.15) is 28.5 Å². The van der Waals surface area contributed by atoms with Gasteiger partial charge in [-0.25, -0.2) is 18.4 Å². The third kappa shape index (κ3) is 4.60. The predicted molar refractivity (Wildman–Crippen MR) is 122 cm³/mol. The number of nitrogens with zero attached hydrogens (tertiary/aromatic N) is 5. The van der Waals surface area contributed by atoms with Gasteiger partial charge in [0, 0.05) is 24.0 Å². The molecule has 0 saturated carbocycles. The molecule has 0 aliphatic rings. The van der Waals surface area contributed by atoms with Crippen LogP contribution in [0.1, 0.15) is 25.0 Å². The molecular formula is C23H19F3N6O2S. The lowest BCUT2D eigenvalue weighted by Crippen LogP contribution is -2.42. The van der Waals surface area contributed by atoms with E-state index >= 15 is 0 Å². The smallest absolute Gasteiger partial charge is 0.275 e. The zero-order chi connectivity index (χ0) is 25.4. The number of aryl methyl sites for hydroxylation is 1. The molecule has 180 valence electrons. The summed E-state index contributed by atoms with van der Waals surface area (Å²) in [5, 5.41) is 10.6. The van der Waals surface area contributed by atoms with Crippen molar-refractivity contribution < 1.29 is 21.6 Å². The molecule has 4 aromatic rings. The molecule has 8 nitrogen and oxygen atoms in total. The Bertz CT molecular complexity index is 1530. The first-order valence-corrected chi connectivity index (χ1v) is 12.0. The summed E-state index contributed by atoms with van der Waals surface area (Å²) in [7, 11) is -4.48. The Labute approximate surface area is 199 Å². The minimum atomic E-state index is -4.74. The van der Waals surface area contributed by atoms with Gasteiger partial charge in [0.25, 0.3) is 0 Å². The molecule has 0 amide bonds. The number of sulfonamides is 1. The van der Waals surface area contributed by atoms with Crippen molar-refractivity contribution in [1.29, 1.82) is 5.26 Å². The highest BCUT2D eigenvalue weighted by molar-refractivity contribution is 7.89. The molecule has 35 heavy (non-hydrogen) atoms. The van der Waals surface area contributed by atoms with Gasteiger partial charge in [-0.3, -0.25) is 9.55 Å². The van der Waals surface area contributed by atoms with Gasteiger partial charge in [0.2, 0.25) is 10.0 Å². The monoisotopic (exact) mass is 500 g/mol. The number of nitrogens with one attached hydrogen (secondary N) is 1. The Balaban J connectivity index is 1.88. The van der Waals surface area contributed by atoms with Crippen molar-refractivity contribution >= 4 is 21.1 Å². The maximum atomic E-state index is 12.8. The van der Waals surface area contributed by atoms with E-state index in [4.69, 9.17) is 0 Å². The highest BCUT2D eigenvalue weighted by Gasteiger charge is 2.39. The summed E-state index contributed by atoms with van der Waals surface area (Å²) in [6.07, 6.45) is 0.187. The predicted octanol–water partition coefficient (Wildman–Crippen LogP) is 4.15. The highest BCUT2D eigenvalue weighted by Crippen LogP contribution is 2.34. The quantitative estimate of drug-likeness (QED) is 0.426. The summed E-state index contributed by atoms with van der Waals surface area (Å²) in [5.74, 6) is 0.463. The van der Waals surface area contributed by atoms with E-state index in [2.05, 4.69) is 21.0 Å². The third-order valence-electron chi connectivity index (χ3n) is 5.38. The SMILES string of the molecule is CCc1cnc2c(c1)c(C#N)c(-c1ccc(S(=O)(=O)N[C@@H](C)C(F)(F)F)cn1)n2-c1ccccn1. The molecule has 0 radical (unpaired) electrons. The Morgan fingerprint density at radius 1 is 1.14 bits per heavy atom. The number of hydrogen-bond donors (Lipinski definition) is 1. The summed E-state index contributed by atoms with van der Waals surface area (Å²) in [6.45, 7) is 2.67. The van der Waals surface area contributed by atoms with E-state index in [-0.39, 0.29) is 11.3 Å². The molecule has 12 heteroatoms. The molecule has 0 aromatic carbocycles. The topological polar surface area (TPSA) is 114 Å². The largest absolute Gasteiger partial charge is 0.404 e. The van der Waals surface area contributed by atoms with Crippen LogP contribution in [0.2, 0.25) is 0 Å². The summed E-state index contributed by atoms with van der Waals surface area (Å²) >= 11 is 0. The Morgan fingerprint density at radius 2 is 1.91 bits per heavy atom. The average molecular weight is 501 g/mol. The van der Waals surface area contributed by atoms with Gasteiger partial charge in [0.15, 0.2) is 0 Å². The van der Waals surface area contributed by atoms with Crippen LogP contribution in [0.3, 0.4) is 0 Å². The standard InChI is InChI=1S/C23H19F3N6O2S/c1-3-15-10-17-18(11-27)21(32(22(17)30-12-15)20-6-4-5-9-28-20)19-8-7-16(13-29-19)35(33,34)31-14(2)23(24,25)26/h4-10,12-14,31H,3H2,1-2H3/t14-/m0/s1. The van der Waals surface area contributed by atoms with Crippen LogP contribution in [0.25, 0.3) is 28.2 Å². The zero-order valence-electron chi connectivity index (χ0n) is 18.6. The lowest BCUT2D eigenvalue weighted by molar-refractivity contribution is -0.147. The van der Waals surface area contributed by atoms with Crippen LogP contribution >= 0.6 is 0 Å². The van der Waals surface area contributed by atoms with Gasteiger partial charge in [-0.1, -0.05) is 13.0 Å². The zero-order valence-corrected chi connectivity index (χ0v) is 19.4. The molecule has 0 saturated heterocycles. The van der Waals surface area contributed by atoms with E-state index in [9.17, 15) is 26.9 Å². The maximum absolute atomic E-state index is 12.8. The first kappa shape index (κ1) is 24.3.